The minimum atomic E-state index is -4.00. The Morgan fingerprint density at radius 3 is 2.66 bits per heavy atom. The third-order valence-corrected chi connectivity index (χ3v) is 6.85. The lowest BCUT2D eigenvalue weighted by molar-refractivity contribution is -0.148. The molecule has 32 heavy (non-hydrogen) atoms. The summed E-state index contributed by atoms with van der Waals surface area (Å²) >= 11 is 0. The topological polar surface area (TPSA) is 126 Å². The molecule has 1 atom stereocenters. The Morgan fingerprint density at radius 1 is 1.25 bits per heavy atom. The third-order valence-electron chi connectivity index (χ3n) is 5.49. The fourth-order valence-electron chi connectivity index (χ4n) is 3.61. The Balaban J connectivity index is 1.97. The van der Waals surface area contributed by atoms with Gasteiger partial charge in [-0.25, -0.2) is 18.2 Å². The maximum absolute atomic E-state index is 13.1. The minimum absolute atomic E-state index is 0.0487. The zero-order valence-corrected chi connectivity index (χ0v) is 19.1. The van der Waals surface area contributed by atoms with Gasteiger partial charge in [0, 0.05) is 19.3 Å². The van der Waals surface area contributed by atoms with Gasteiger partial charge >= 0.3 is 11.9 Å². The van der Waals surface area contributed by atoms with Crippen molar-refractivity contribution >= 4 is 33.5 Å². The Kier molecular flexibility index (Phi) is 7.02. The smallest absolute Gasteiger partial charge is 0.337 e. The molecule has 2 aromatic rings. The molecule has 172 valence electrons. The lowest BCUT2D eigenvalue weighted by atomic mass is 9.98. The van der Waals surface area contributed by atoms with E-state index in [0.29, 0.717) is 25.9 Å². The van der Waals surface area contributed by atoms with Crippen molar-refractivity contribution in [3.63, 3.8) is 0 Å². The number of aromatic carboxylic acids is 1. The number of piperidine rings is 1. The van der Waals surface area contributed by atoms with E-state index < -0.39 is 16.0 Å². The lowest BCUT2D eigenvalue weighted by Gasteiger charge is -2.33. The number of hydrogen-bond acceptors (Lipinski definition) is 7. The van der Waals surface area contributed by atoms with Gasteiger partial charge < -0.3 is 14.7 Å². The summed E-state index contributed by atoms with van der Waals surface area (Å²) in [6, 6.07) is 6.02. The fourth-order valence-corrected chi connectivity index (χ4v) is 4.75. The SMILES string of the molecule is CCOC(=O)[C@H]1CCCN(c2ncc(C(=O)O)cc2NS(=O)(=O)c2ccc(C)c(C)c2)C1. The van der Waals surface area contributed by atoms with E-state index in [9.17, 15) is 23.1 Å². The number of carbonyl (C=O) groups excluding carboxylic acids is 1. The number of nitrogens with one attached hydrogen (secondary N) is 1. The number of rotatable bonds is 7. The predicted molar refractivity (Wildman–Crippen MR) is 119 cm³/mol. The second-order valence-electron chi connectivity index (χ2n) is 7.79. The highest BCUT2D eigenvalue weighted by atomic mass is 32.2. The molecule has 1 aromatic carbocycles. The van der Waals surface area contributed by atoms with Crippen LogP contribution in [0, 0.1) is 19.8 Å². The number of aromatic nitrogens is 1. The van der Waals surface area contributed by atoms with Crippen molar-refractivity contribution in [1.82, 2.24) is 4.98 Å². The van der Waals surface area contributed by atoms with Crippen LogP contribution in [-0.2, 0) is 19.6 Å². The number of aryl methyl sites for hydroxylation is 2. The van der Waals surface area contributed by atoms with Gasteiger partial charge in [-0.3, -0.25) is 9.52 Å². The average Bonchev–Trinajstić information content (AvgIpc) is 2.75. The molecule has 2 N–H and O–H groups in total. The van der Waals surface area contributed by atoms with E-state index >= 15 is 0 Å². The number of nitrogens with zero attached hydrogens (tertiary/aromatic N) is 2. The van der Waals surface area contributed by atoms with Crippen molar-refractivity contribution in [2.24, 2.45) is 5.92 Å². The fraction of sp³-hybridized carbons (Fsp3) is 0.409. The molecule has 1 saturated heterocycles. The number of carbonyl (C=O) groups is 2. The maximum atomic E-state index is 13.1. The number of sulfonamides is 1. The van der Waals surface area contributed by atoms with Crippen LogP contribution in [0.1, 0.15) is 41.3 Å². The van der Waals surface area contributed by atoms with Crippen molar-refractivity contribution in [2.45, 2.75) is 38.5 Å². The van der Waals surface area contributed by atoms with Crippen molar-refractivity contribution in [3.8, 4) is 0 Å². The van der Waals surface area contributed by atoms with Crippen molar-refractivity contribution in [1.29, 1.82) is 0 Å². The van der Waals surface area contributed by atoms with Crippen LogP contribution < -0.4 is 9.62 Å². The molecule has 1 aliphatic heterocycles. The van der Waals surface area contributed by atoms with Gasteiger partial charge in [0.05, 0.1) is 28.7 Å². The molecule has 3 rings (SSSR count). The monoisotopic (exact) mass is 461 g/mol. The number of hydrogen-bond donors (Lipinski definition) is 2. The molecular formula is C22H27N3O6S. The van der Waals surface area contributed by atoms with Crippen LogP contribution in [0.4, 0.5) is 11.5 Å². The summed E-state index contributed by atoms with van der Waals surface area (Å²) in [6.45, 7) is 6.57. The van der Waals surface area contributed by atoms with E-state index in [1.807, 2.05) is 13.8 Å². The molecular weight excluding hydrogens is 434 g/mol. The second-order valence-corrected chi connectivity index (χ2v) is 9.47. The summed E-state index contributed by atoms with van der Waals surface area (Å²) in [5, 5.41) is 9.37. The van der Waals surface area contributed by atoms with E-state index in [2.05, 4.69) is 9.71 Å². The molecule has 0 amide bonds. The Morgan fingerprint density at radius 2 is 2.00 bits per heavy atom. The highest BCUT2D eigenvalue weighted by molar-refractivity contribution is 7.92. The van der Waals surface area contributed by atoms with Gasteiger partial charge in [0.15, 0.2) is 5.82 Å². The molecule has 1 aromatic heterocycles. The largest absolute Gasteiger partial charge is 0.478 e. The first-order chi connectivity index (χ1) is 15.1. The van der Waals surface area contributed by atoms with Crippen LogP contribution in [0.3, 0.4) is 0 Å². The van der Waals surface area contributed by atoms with Crippen LogP contribution in [0.5, 0.6) is 0 Å². The number of esters is 1. The summed E-state index contributed by atoms with van der Waals surface area (Å²) in [4.78, 5) is 29.8. The molecule has 0 spiro atoms. The van der Waals surface area contributed by atoms with Crippen molar-refractivity contribution in [3.05, 3.63) is 47.2 Å². The quantitative estimate of drug-likeness (QED) is 0.603. The molecule has 1 aliphatic rings. The van der Waals surface area contributed by atoms with Gasteiger partial charge in [-0.05, 0) is 62.9 Å². The molecule has 0 unspecified atom stereocenters. The van der Waals surface area contributed by atoms with E-state index in [-0.39, 0.29) is 40.5 Å². The number of ether oxygens (including phenoxy) is 1. The number of carboxylic acid groups (broad SMARTS) is 1. The molecule has 1 fully saturated rings. The van der Waals surface area contributed by atoms with Gasteiger partial charge in [0.25, 0.3) is 10.0 Å². The molecule has 2 heterocycles. The first-order valence-corrected chi connectivity index (χ1v) is 11.9. The van der Waals surface area contributed by atoms with Gasteiger partial charge in [-0.1, -0.05) is 6.07 Å². The van der Waals surface area contributed by atoms with Crippen LogP contribution in [0.25, 0.3) is 0 Å². The molecule has 0 bridgehead atoms. The van der Waals surface area contributed by atoms with Crippen LogP contribution in [0.15, 0.2) is 35.4 Å². The van der Waals surface area contributed by atoms with Crippen molar-refractivity contribution in [2.75, 3.05) is 29.3 Å². The molecule has 0 aliphatic carbocycles. The molecule has 0 radical (unpaired) electrons. The van der Waals surface area contributed by atoms with E-state index in [0.717, 1.165) is 11.1 Å². The van der Waals surface area contributed by atoms with Gasteiger partial charge in [-0.2, -0.15) is 0 Å². The van der Waals surface area contributed by atoms with Gasteiger partial charge in [0.1, 0.15) is 0 Å². The zero-order chi connectivity index (χ0) is 23.5. The summed E-state index contributed by atoms with van der Waals surface area (Å²) in [7, 11) is -4.00. The van der Waals surface area contributed by atoms with Gasteiger partial charge in [0.2, 0.25) is 0 Å². The first-order valence-electron chi connectivity index (χ1n) is 10.4. The van der Waals surface area contributed by atoms with Crippen LogP contribution >= 0.6 is 0 Å². The highest BCUT2D eigenvalue weighted by Gasteiger charge is 2.30. The van der Waals surface area contributed by atoms with Gasteiger partial charge in [-0.15, -0.1) is 0 Å². The number of carboxylic acids is 1. The predicted octanol–water partition coefficient (Wildman–Crippen LogP) is 2.98. The Hall–Kier alpha value is -3.14. The first kappa shape index (κ1) is 23.5. The van der Waals surface area contributed by atoms with E-state index in [4.69, 9.17) is 4.74 Å². The summed E-state index contributed by atoms with van der Waals surface area (Å²) in [6.07, 6.45) is 2.53. The average molecular weight is 462 g/mol. The Bertz CT molecular complexity index is 1130. The highest BCUT2D eigenvalue weighted by Crippen LogP contribution is 2.31. The van der Waals surface area contributed by atoms with E-state index in [1.54, 1.807) is 24.0 Å². The maximum Gasteiger partial charge on any atom is 0.337 e. The van der Waals surface area contributed by atoms with Crippen LogP contribution in [-0.4, -0.2) is 50.1 Å². The van der Waals surface area contributed by atoms with Crippen LogP contribution in [0.2, 0.25) is 0 Å². The number of benzene rings is 1. The summed E-state index contributed by atoms with van der Waals surface area (Å²) in [5.41, 5.74) is 1.68. The summed E-state index contributed by atoms with van der Waals surface area (Å²) in [5.74, 6) is -1.62. The number of pyridine rings is 1. The summed E-state index contributed by atoms with van der Waals surface area (Å²) < 4.78 is 33.8. The normalized spacial score (nSPS) is 16.5. The Labute approximate surface area is 187 Å². The number of anilines is 2. The van der Waals surface area contributed by atoms with Crippen molar-refractivity contribution < 1.29 is 27.9 Å². The second kappa shape index (κ2) is 9.56. The van der Waals surface area contributed by atoms with E-state index in [1.165, 1.54) is 18.3 Å². The molecule has 10 heteroatoms. The minimum Gasteiger partial charge on any atom is -0.478 e. The standard InChI is InChI=1S/C22H27N3O6S/c1-4-31-22(28)16-6-5-9-25(13-16)20-19(11-17(12-23-20)21(26)27)24-32(29,30)18-8-7-14(2)15(3)10-18/h7-8,10-12,16,24H,4-6,9,13H2,1-3H3,(H,26,27)/t16-/m0/s1. The lowest BCUT2D eigenvalue weighted by Crippen LogP contribution is -2.40. The molecule has 9 nitrogen and oxygen atoms in total. The zero-order valence-electron chi connectivity index (χ0n) is 18.3. The third kappa shape index (κ3) is 5.18. The molecule has 0 saturated carbocycles.